The first-order valence-corrected chi connectivity index (χ1v) is 9.88. The zero-order valence-corrected chi connectivity index (χ0v) is 16.7. The van der Waals surface area contributed by atoms with Crippen molar-refractivity contribution in [2.24, 2.45) is 5.92 Å². The highest BCUT2D eigenvalue weighted by Gasteiger charge is 2.61. The first-order chi connectivity index (χ1) is 14.3. The number of anilines is 1. The Labute approximate surface area is 172 Å². The number of aryl methyl sites for hydroxylation is 1. The summed E-state index contributed by atoms with van der Waals surface area (Å²) in [6.45, 7) is 3.96. The largest absolute Gasteiger partial charge is 0.387 e. The molecule has 3 heterocycles. The van der Waals surface area contributed by atoms with Gasteiger partial charge in [-0.3, -0.25) is 14.8 Å². The Morgan fingerprint density at radius 3 is 2.67 bits per heavy atom. The molecular formula is C22H22F2N4O2. The predicted octanol–water partition coefficient (Wildman–Crippen LogP) is 4.43. The molecule has 1 aliphatic rings. The number of carbonyl (C=O) groups excluding carboxylic acids is 1. The maximum atomic E-state index is 13.0. The van der Waals surface area contributed by atoms with Crippen molar-refractivity contribution in [1.29, 1.82) is 0 Å². The van der Waals surface area contributed by atoms with Crippen LogP contribution in [0.5, 0.6) is 0 Å². The van der Waals surface area contributed by atoms with Crippen molar-refractivity contribution in [3.05, 3.63) is 48.0 Å². The van der Waals surface area contributed by atoms with Crippen LogP contribution in [0.3, 0.4) is 0 Å². The van der Waals surface area contributed by atoms with Crippen LogP contribution < -0.4 is 5.32 Å². The van der Waals surface area contributed by atoms with Gasteiger partial charge >= 0.3 is 0 Å². The number of carbonyl (C=O) groups is 1. The summed E-state index contributed by atoms with van der Waals surface area (Å²) in [5.41, 5.74) is 3.95. The molecule has 0 saturated heterocycles. The molecule has 0 spiro atoms. The summed E-state index contributed by atoms with van der Waals surface area (Å²) in [6.07, 6.45) is 5.50. The number of halogens is 2. The Morgan fingerprint density at radius 1 is 1.23 bits per heavy atom. The Morgan fingerprint density at radius 2 is 2.00 bits per heavy atom. The van der Waals surface area contributed by atoms with E-state index in [4.69, 9.17) is 0 Å². The van der Waals surface area contributed by atoms with Gasteiger partial charge in [-0.15, -0.1) is 0 Å². The van der Waals surface area contributed by atoms with Crippen molar-refractivity contribution in [2.75, 3.05) is 5.32 Å². The topological polar surface area (TPSA) is 88.0 Å². The second-order valence-corrected chi connectivity index (χ2v) is 7.72. The molecule has 6 nitrogen and oxygen atoms in total. The van der Waals surface area contributed by atoms with Crippen LogP contribution in [0.15, 0.2) is 36.8 Å². The molecule has 30 heavy (non-hydrogen) atoms. The third-order valence-electron chi connectivity index (χ3n) is 5.31. The van der Waals surface area contributed by atoms with Gasteiger partial charge in [-0.2, -0.15) is 0 Å². The summed E-state index contributed by atoms with van der Waals surface area (Å²) in [7, 11) is 0. The normalized spacial score (nSPS) is 18.2. The molecule has 0 bridgehead atoms. The number of nitrogens with one attached hydrogen (secondary N) is 1. The summed E-state index contributed by atoms with van der Waals surface area (Å²) < 4.78 is 26.1. The fourth-order valence-electron chi connectivity index (χ4n) is 3.43. The minimum atomic E-state index is -2.91. The molecule has 3 aromatic heterocycles. The maximum absolute atomic E-state index is 13.0. The molecule has 0 radical (unpaired) electrons. The standard InChI is InChI=1S/C22H22F2N4O2/c1-3-4-19(29)18-5-12(2)15(11-26-18)13-6-14-10-27-20(7-17(14)25-9-13)28-21(30)16-8-22(16,23)24/h5-7,9-11,16,19,29H,3-4,8H2,1-2H3,(H,27,28,30)/t16-,19?/m1/s1. The van der Waals surface area contributed by atoms with E-state index in [0.29, 0.717) is 17.6 Å². The summed E-state index contributed by atoms with van der Waals surface area (Å²) >= 11 is 0. The molecule has 1 amide bonds. The van der Waals surface area contributed by atoms with Crippen molar-refractivity contribution < 1.29 is 18.7 Å². The van der Waals surface area contributed by atoms with Crippen LogP contribution in [0.2, 0.25) is 0 Å². The van der Waals surface area contributed by atoms with E-state index in [1.807, 2.05) is 26.0 Å². The zero-order chi connectivity index (χ0) is 21.5. The molecule has 0 aromatic carbocycles. The molecular weight excluding hydrogens is 390 g/mol. The monoisotopic (exact) mass is 412 g/mol. The number of rotatable bonds is 6. The fraction of sp³-hybridized carbons (Fsp3) is 0.364. The second-order valence-electron chi connectivity index (χ2n) is 7.72. The van der Waals surface area contributed by atoms with Gasteiger partial charge in [0, 0.05) is 47.6 Å². The Hall–Kier alpha value is -3.00. The Kier molecular flexibility index (Phi) is 5.19. The van der Waals surface area contributed by atoms with Crippen molar-refractivity contribution in [1.82, 2.24) is 15.0 Å². The first kappa shape index (κ1) is 20.3. The molecule has 1 saturated carbocycles. The molecule has 2 N–H and O–H groups in total. The average Bonchev–Trinajstić information content (AvgIpc) is 3.36. The van der Waals surface area contributed by atoms with Crippen LogP contribution in [-0.2, 0) is 4.79 Å². The summed E-state index contributed by atoms with van der Waals surface area (Å²) in [5.74, 6) is -4.72. The summed E-state index contributed by atoms with van der Waals surface area (Å²) in [6, 6.07) is 5.35. The minimum absolute atomic E-state index is 0.197. The summed E-state index contributed by atoms with van der Waals surface area (Å²) in [4.78, 5) is 24.8. The number of alkyl halides is 2. The van der Waals surface area contributed by atoms with Crippen molar-refractivity contribution >= 4 is 22.6 Å². The van der Waals surface area contributed by atoms with Gasteiger partial charge in [-0.25, -0.2) is 13.8 Å². The number of hydrogen-bond donors (Lipinski definition) is 2. The Bertz CT molecular complexity index is 1120. The lowest BCUT2D eigenvalue weighted by molar-refractivity contribution is -0.119. The first-order valence-electron chi connectivity index (χ1n) is 9.88. The minimum Gasteiger partial charge on any atom is -0.387 e. The number of pyridine rings is 3. The number of aromatic nitrogens is 3. The van der Waals surface area contributed by atoms with Gasteiger partial charge in [0.1, 0.15) is 11.7 Å². The van der Waals surface area contributed by atoms with Crippen molar-refractivity contribution in [2.45, 2.75) is 45.1 Å². The van der Waals surface area contributed by atoms with Crippen LogP contribution in [0.25, 0.3) is 22.0 Å². The van der Waals surface area contributed by atoms with Gasteiger partial charge in [-0.05, 0) is 31.0 Å². The van der Waals surface area contributed by atoms with E-state index in [1.165, 1.54) is 0 Å². The number of fused-ring (bicyclic) bond motifs is 1. The summed E-state index contributed by atoms with van der Waals surface area (Å²) in [5, 5.41) is 13.3. The lowest BCUT2D eigenvalue weighted by atomic mass is 10.0. The molecule has 1 unspecified atom stereocenters. The van der Waals surface area contributed by atoms with E-state index in [9.17, 15) is 18.7 Å². The maximum Gasteiger partial charge on any atom is 0.260 e. The van der Waals surface area contributed by atoms with Crippen LogP contribution >= 0.6 is 0 Å². The van der Waals surface area contributed by atoms with Crippen LogP contribution in [-0.4, -0.2) is 31.9 Å². The van der Waals surface area contributed by atoms with Gasteiger partial charge in [0.2, 0.25) is 5.91 Å². The number of nitrogens with zero attached hydrogens (tertiary/aromatic N) is 3. The second kappa shape index (κ2) is 7.68. The molecule has 3 aromatic rings. The van der Waals surface area contributed by atoms with E-state index < -0.39 is 30.3 Å². The van der Waals surface area contributed by atoms with Gasteiger partial charge in [0.05, 0.1) is 17.3 Å². The quantitative estimate of drug-likeness (QED) is 0.625. The van der Waals surface area contributed by atoms with Gasteiger partial charge in [-0.1, -0.05) is 13.3 Å². The number of hydrogen-bond acceptors (Lipinski definition) is 5. The Balaban J connectivity index is 1.56. The average molecular weight is 412 g/mol. The lowest BCUT2D eigenvalue weighted by Crippen LogP contribution is -2.18. The molecule has 1 fully saturated rings. The van der Waals surface area contributed by atoms with Gasteiger partial charge in [0.15, 0.2) is 0 Å². The van der Waals surface area contributed by atoms with E-state index in [-0.39, 0.29) is 5.82 Å². The number of aliphatic hydroxyl groups excluding tert-OH is 1. The van der Waals surface area contributed by atoms with Crippen LogP contribution in [0, 0.1) is 12.8 Å². The molecule has 0 aliphatic heterocycles. The molecule has 2 atom stereocenters. The van der Waals surface area contributed by atoms with E-state index in [1.54, 1.807) is 24.7 Å². The number of amides is 1. The van der Waals surface area contributed by atoms with E-state index >= 15 is 0 Å². The van der Waals surface area contributed by atoms with Crippen molar-refractivity contribution in [3.8, 4) is 11.1 Å². The highest BCUT2D eigenvalue weighted by molar-refractivity contribution is 5.96. The van der Waals surface area contributed by atoms with Gasteiger partial charge in [0.25, 0.3) is 5.92 Å². The highest BCUT2D eigenvalue weighted by atomic mass is 19.3. The smallest absolute Gasteiger partial charge is 0.260 e. The third kappa shape index (κ3) is 4.00. The predicted molar refractivity (Wildman–Crippen MR) is 109 cm³/mol. The number of aliphatic hydroxyl groups is 1. The van der Waals surface area contributed by atoms with E-state index in [0.717, 1.165) is 28.5 Å². The van der Waals surface area contributed by atoms with E-state index in [2.05, 4.69) is 20.3 Å². The van der Waals surface area contributed by atoms with Crippen LogP contribution in [0.4, 0.5) is 14.6 Å². The molecule has 156 valence electrons. The molecule has 8 heteroatoms. The third-order valence-corrected chi connectivity index (χ3v) is 5.31. The van der Waals surface area contributed by atoms with Gasteiger partial charge < -0.3 is 10.4 Å². The van der Waals surface area contributed by atoms with Crippen molar-refractivity contribution in [3.63, 3.8) is 0 Å². The zero-order valence-electron chi connectivity index (χ0n) is 16.7. The molecule has 1 aliphatic carbocycles. The SMILES string of the molecule is CCCC(O)c1cc(C)c(-c2cnc3cc(NC(=O)[C@H]4CC4(F)F)ncc3c2)cn1. The lowest BCUT2D eigenvalue weighted by Gasteiger charge is -2.12. The highest BCUT2D eigenvalue weighted by Crippen LogP contribution is 2.49. The molecule has 4 rings (SSSR count). The fourth-order valence-corrected chi connectivity index (χ4v) is 3.43. The van der Waals surface area contributed by atoms with Crippen LogP contribution in [0.1, 0.15) is 43.5 Å².